The van der Waals surface area contributed by atoms with Crippen LogP contribution in [0.3, 0.4) is 0 Å². The predicted octanol–water partition coefficient (Wildman–Crippen LogP) is 9.08. The molecular formula is C24H51OSn. The zero-order chi connectivity index (χ0) is 19.1. The van der Waals surface area contributed by atoms with Crippen molar-refractivity contribution in [2.45, 2.75) is 145 Å². The minimum atomic E-state index is -1.52. The van der Waals surface area contributed by atoms with Gasteiger partial charge in [-0.2, -0.15) is 0 Å². The third-order valence-corrected chi connectivity index (χ3v) is 12.4. The maximum absolute atomic E-state index is 6.50. The molecule has 0 aliphatic rings. The van der Waals surface area contributed by atoms with Crippen LogP contribution in [0.25, 0.3) is 0 Å². The number of unbranched alkanes of at least 4 members (excludes halogenated alkanes) is 15. The van der Waals surface area contributed by atoms with Crippen molar-refractivity contribution in [2.75, 3.05) is 6.61 Å². The van der Waals surface area contributed by atoms with E-state index in [4.69, 9.17) is 3.07 Å². The van der Waals surface area contributed by atoms with Crippen LogP contribution in [0.1, 0.15) is 136 Å². The quantitative estimate of drug-likeness (QED) is 0.112. The molecule has 0 aromatic heterocycles. The van der Waals surface area contributed by atoms with E-state index in [1.165, 1.54) is 124 Å². The summed E-state index contributed by atoms with van der Waals surface area (Å²) >= 11 is -1.52. The van der Waals surface area contributed by atoms with Crippen LogP contribution in [0.5, 0.6) is 0 Å². The van der Waals surface area contributed by atoms with Crippen LogP contribution in [0, 0.1) is 0 Å². The molecule has 0 aliphatic heterocycles. The molecule has 0 saturated carbocycles. The fraction of sp³-hybridized carbons (Fsp3) is 1.00. The molecule has 0 unspecified atom stereocenters. The molecule has 0 saturated heterocycles. The Morgan fingerprint density at radius 2 is 0.769 bits per heavy atom. The molecule has 0 atom stereocenters. The zero-order valence-corrected chi connectivity index (χ0v) is 21.6. The van der Waals surface area contributed by atoms with E-state index in [-0.39, 0.29) is 0 Å². The van der Waals surface area contributed by atoms with Crippen LogP contribution >= 0.6 is 0 Å². The normalized spacial score (nSPS) is 11.5. The molecule has 157 valence electrons. The van der Waals surface area contributed by atoms with Gasteiger partial charge < -0.3 is 0 Å². The van der Waals surface area contributed by atoms with Crippen LogP contribution in [0.2, 0.25) is 8.87 Å². The standard InChI is InChI=1S/C8H17O.2C8H17.Sn/c1-2-3-4-5-6-7-8-9;2*1-3-5-7-8-6-4-2;/h2-8H2,1H3;2*1,3-8H2,2H3;/q-1;;;+1. The van der Waals surface area contributed by atoms with Crippen molar-refractivity contribution in [3.8, 4) is 0 Å². The summed E-state index contributed by atoms with van der Waals surface area (Å²) in [5, 5.41) is 0. The van der Waals surface area contributed by atoms with Gasteiger partial charge in [0.2, 0.25) is 0 Å². The molecule has 26 heavy (non-hydrogen) atoms. The van der Waals surface area contributed by atoms with Crippen LogP contribution < -0.4 is 0 Å². The molecule has 0 amide bonds. The summed E-state index contributed by atoms with van der Waals surface area (Å²) in [7, 11) is 0. The fourth-order valence-electron chi connectivity index (χ4n) is 3.57. The average molecular weight is 474 g/mol. The molecule has 0 spiro atoms. The van der Waals surface area contributed by atoms with Gasteiger partial charge in [0.25, 0.3) is 0 Å². The van der Waals surface area contributed by atoms with Gasteiger partial charge in [0.15, 0.2) is 0 Å². The van der Waals surface area contributed by atoms with Gasteiger partial charge in [-0.15, -0.1) is 0 Å². The Kier molecular flexibility index (Phi) is 24.5. The second-order valence-corrected chi connectivity index (χ2v) is 14.9. The van der Waals surface area contributed by atoms with Crippen molar-refractivity contribution in [3.63, 3.8) is 0 Å². The molecular weight excluding hydrogens is 423 g/mol. The van der Waals surface area contributed by atoms with E-state index in [9.17, 15) is 0 Å². The number of rotatable bonds is 22. The molecule has 0 fully saturated rings. The molecule has 0 bridgehead atoms. The van der Waals surface area contributed by atoms with Crippen LogP contribution in [0.4, 0.5) is 0 Å². The molecule has 0 aromatic carbocycles. The molecule has 0 N–H and O–H groups in total. The first-order valence-corrected chi connectivity index (χ1v) is 17.5. The van der Waals surface area contributed by atoms with E-state index in [1.54, 1.807) is 0 Å². The van der Waals surface area contributed by atoms with Gasteiger partial charge in [0.1, 0.15) is 0 Å². The monoisotopic (exact) mass is 475 g/mol. The van der Waals surface area contributed by atoms with Crippen molar-refractivity contribution < 1.29 is 3.07 Å². The summed E-state index contributed by atoms with van der Waals surface area (Å²) in [4.78, 5) is 0. The molecule has 0 heterocycles. The second kappa shape index (κ2) is 23.8. The van der Waals surface area contributed by atoms with Crippen molar-refractivity contribution in [2.24, 2.45) is 0 Å². The molecule has 0 rings (SSSR count). The Morgan fingerprint density at radius 1 is 0.423 bits per heavy atom. The number of hydrogen-bond acceptors (Lipinski definition) is 1. The topological polar surface area (TPSA) is 9.23 Å². The van der Waals surface area contributed by atoms with E-state index in [0.717, 1.165) is 6.61 Å². The van der Waals surface area contributed by atoms with Crippen molar-refractivity contribution in [3.05, 3.63) is 0 Å². The van der Waals surface area contributed by atoms with Crippen LogP contribution in [0.15, 0.2) is 0 Å². The van der Waals surface area contributed by atoms with E-state index in [2.05, 4.69) is 20.8 Å². The maximum atomic E-state index is 6.50. The molecule has 0 aliphatic carbocycles. The van der Waals surface area contributed by atoms with E-state index in [0.29, 0.717) is 0 Å². The predicted molar refractivity (Wildman–Crippen MR) is 121 cm³/mol. The summed E-state index contributed by atoms with van der Waals surface area (Å²) in [5.74, 6) is 0. The summed E-state index contributed by atoms with van der Waals surface area (Å²) in [6.45, 7) is 8.00. The third-order valence-electron chi connectivity index (χ3n) is 5.42. The second-order valence-electron chi connectivity index (χ2n) is 8.19. The van der Waals surface area contributed by atoms with E-state index >= 15 is 0 Å². The van der Waals surface area contributed by atoms with Gasteiger partial charge in [-0.05, 0) is 0 Å². The Hall–Kier alpha value is 0.759. The third kappa shape index (κ3) is 21.1. The minimum absolute atomic E-state index is 1.09. The summed E-state index contributed by atoms with van der Waals surface area (Å²) in [5.41, 5.74) is 0. The Morgan fingerprint density at radius 3 is 1.19 bits per heavy atom. The molecule has 0 aromatic rings. The fourth-order valence-corrected chi connectivity index (χ4v) is 10.0. The summed E-state index contributed by atoms with van der Waals surface area (Å²) in [6.07, 6.45) is 25.6. The van der Waals surface area contributed by atoms with Crippen LogP contribution in [-0.2, 0) is 3.07 Å². The van der Waals surface area contributed by atoms with Gasteiger partial charge in [0.05, 0.1) is 0 Å². The van der Waals surface area contributed by atoms with Gasteiger partial charge in [0, 0.05) is 0 Å². The first-order chi connectivity index (χ1) is 12.8. The number of hydrogen-bond donors (Lipinski definition) is 0. The van der Waals surface area contributed by atoms with E-state index < -0.39 is 20.2 Å². The van der Waals surface area contributed by atoms with E-state index in [1.807, 2.05) is 0 Å². The Labute approximate surface area is 174 Å². The average Bonchev–Trinajstić information content (AvgIpc) is 2.65. The van der Waals surface area contributed by atoms with Gasteiger partial charge in [-0.25, -0.2) is 0 Å². The first-order valence-electron chi connectivity index (χ1n) is 12.3. The van der Waals surface area contributed by atoms with Crippen molar-refractivity contribution in [1.29, 1.82) is 0 Å². The summed E-state index contributed by atoms with van der Waals surface area (Å²) < 4.78 is 9.50. The SMILES string of the molecule is CCCCCCCC[O][Sn]([CH2]CCCCCCC)[CH2]CCCCCCC. The van der Waals surface area contributed by atoms with Crippen molar-refractivity contribution >= 4 is 20.2 Å². The molecule has 1 radical (unpaired) electrons. The Balaban J connectivity index is 3.77. The van der Waals surface area contributed by atoms with Gasteiger partial charge >= 0.3 is 175 Å². The zero-order valence-electron chi connectivity index (χ0n) is 18.8. The van der Waals surface area contributed by atoms with Crippen molar-refractivity contribution in [1.82, 2.24) is 0 Å². The summed E-state index contributed by atoms with van der Waals surface area (Å²) in [6, 6.07) is 0. The van der Waals surface area contributed by atoms with Gasteiger partial charge in [-0.3, -0.25) is 0 Å². The van der Waals surface area contributed by atoms with Crippen LogP contribution in [-0.4, -0.2) is 26.8 Å². The molecule has 1 nitrogen and oxygen atoms in total. The Bertz CT molecular complexity index is 228. The first kappa shape index (κ1) is 26.8. The molecule has 2 heteroatoms. The van der Waals surface area contributed by atoms with Gasteiger partial charge in [-0.1, -0.05) is 0 Å².